The van der Waals surface area contributed by atoms with E-state index in [1.807, 2.05) is 13.8 Å². The quantitative estimate of drug-likeness (QED) is 0.798. The Balaban J connectivity index is 3.01. The summed E-state index contributed by atoms with van der Waals surface area (Å²) in [6.45, 7) is 7.03. The molecule has 90 valence electrons. The van der Waals surface area contributed by atoms with Gasteiger partial charge in [0.1, 0.15) is 5.78 Å². The molecule has 3 heteroatoms. The third kappa shape index (κ3) is 2.24. The Morgan fingerprint density at radius 1 is 1.50 bits per heavy atom. The first-order valence-electron chi connectivity index (χ1n) is 5.62. The van der Waals surface area contributed by atoms with Crippen LogP contribution in [-0.4, -0.2) is 22.3 Å². The van der Waals surface area contributed by atoms with E-state index in [0.717, 1.165) is 0 Å². The van der Waals surface area contributed by atoms with E-state index in [9.17, 15) is 14.7 Å². The zero-order chi connectivity index (χ0) is 12.6. The van der Waals surface area contributed by atoms with Gasteiger partial charge in [0.25, 0.3) is 0 Å². The minimum Gasteiger partial charge on any atom is -0.385 e. The highest BCUT2D eigenvalue weighted by Gasteiger charge is 2.47. The number of rotatable bonds is 3. The lowest BCUT2D eigenvalue weighted by Crippen LogP contribution is -2.49. The molecule has 0 amide bonds. The number of carbonyl (C=O) groups is 2. The van der Waals surface area contributed by atoms with Crippen LogP contribution in [0.1, 0.15) is 47.0 Å². The average Bonchev–Trinajstić information content (AvgIpc) is 2.10. The standard InChI is InChI=1S/C13H20O3/c1-9-7-11(15)8-12(3,4)13(9,16)6-5-10(2)14/h7,16H,5-6,8H2,1-4H3. The SMILES string of the molecule is CC(=O)CCC1(O)C(C)=CC(=O)CC1(C)C. The Kier molecular flexibility index (Phi) is 3.38. The van der Waals surface area contributed by atoms with E-state index >= 15 is 0 Å². The van der Waals surface area contributed by atoms with Gasteiger partial charge in [-0.2, -0.15) is 0 Å². The van der Waals surface area contributed by atoms with Gasteiger partial charge in [-0.05, 0) is 31.9 Å². The summed E-state index contributed by atoms with van der Waals surface area (Å²) in [5.41, 5.74) is -0.861. The zero-order valence-corrected chi connectivity index (χ0v) is 10.5. The van der Waals surface area contributed by atoms with Gasteiger partial charge < -0.3 is 9.90 Å². The molecule has 0 spiro atoms. The monoisotopic (exact) mass is 224 g/mol. The van der Waals surface area contributed by atoms with Crippen LogP contribution in [0.15, 0.2) is 11.6 Å². The molecule has 0 aromatic heterocycles. The molecule has 1 unspecified atom stereocenters. The highest BCUT2D eigenvalue weighted by Crippen LogP contribution is 2.45. The lowest BCUT2D eigenvalue weighted by molar-refractivity contribution is -0.126. The Bertz CT molecular complexity index is 352. The number of aliphatic hydroxyl groups is 1. The molecule has 1 aliphatic rings. The minimum atomic E-state index is -1.04. The number of hydrogen-bond acceptors (Lipinski definition) is 3. The van der Waals surface area contributed by atoms with Crippen LogP contribution in [0.4, 0.5) is 0 Å². The summed E-state index contributed by atoms with van der Waals surface area (Å²) in [5, 5.41) is 10.7. The smallest absolute Gasteiger partial charge is 0.156 e. The number of carbonyl (C=O) groups excluding carboxylic acids is 2. The van der Waals surface area contributed by atoms with Crippen LogP contribution in [0.2, 0.25) is 0 Å². The van der Waals surface area contributed by atoms with Gasteiger partial charge in [-0.15, -0.1) is 0 Å². The Labute approximate surface area is 96.5 Å². The van der Waals surface area contributed by atoms with Crippen molar-refractivity contribution in [1.82, 2.24) is 0 Å². The number of hydrogen-bond donors (Lipinski definition) is 1. The molecule has 0 aliphatic heterocycles. The summed E-state index contributed by atoms with van der Waals surface area (Å²) in [6, 6.07) is 0. The maximum Gasteiger partial charge on any atom is 0.156 e. The maximum absolute atomic E-state index is 11.5. The molecular formula is C13H20O3. The van der Waals surface area contributed by atoms with Crippen molar-refractivity contribution in [3.8, 4) is 0 Å². The lowest BCUT2D eigenvalue weighted by atomic mass is 9.63. The van der Waals surface area contributed by atoms with E-state index in [1.54, 1.807) is 6.92 Å². The summed E-state index contributed by atoms with van der Waals surface area (Å²) in [4.78, 5) is 22.5. The van der Waals surface area contributed by atoms with Crippen LogP contribution >= 0.6 is 0 Å². The second-order valence-corrected chi connectivity index (χ2v) is 5.42. The van der Waals surface area contributed by atoms with Gasteiger partial charge in [0.2, 0.25) is 0 Å². The molecule has 1 aliphatic carbocycles. The van der Waals surface area contributed by atoms with E-state index < -0.39 is 11.0 Å². The number of allylic oxidation sites excluding steroid dienone is 1. The number of Topliss-reactive ketones (excluding diaryl/α,β-unsaturated/α-hetero) is 1. The highest BCUT2D eigenvalue weighted by atomic mass is 16.3. The van der Waals surface area contributed by atoms with Crippen molar-refractivity contribution in [2.45, 2.75) is 52.6 Å². The summed E-state index contributed by atoms with van der Waals surface area (Å²) >= 11 is 0. The molecule has 0 saturated carbocycles. The summed E-state index contributed by atoms with van der Waals surface area (Å²) in [6.07, 6.45) is 2.58. The summed E-state index contributed by atoms with van der Waals surface area (Å²) < 4.78 is 0. The van der Waals surface area contributed by atoms with Gasteiger partial charge in [-0.25, -0.2) is 0 Å². The molecule has 0 bridgehead atoms. The molecule has 1 atom stereocenters. The normalized spacial score (nSPS) is 28.8. The lowest BCUT2D eigenvalue weighted by Gasteiger charge is -2.45. The fourth-order valence-electron chi connectivity index (χ4n) is 2.42. The Morgan fingerprint density at radius 2 is 2.06 bits per heavy atom. The van der Waals surface area contributed by atoms with Gasteiger partial charge >= 0.3 is 0 Å². The Morgan fingerprint density at radius 3 is 2.50 bits per heavy atom. The first kappa shape index (κ1) is 13.1. The van der Waals surface area contributed by atoms with Crippen molar-refractivity contribution in [3.05, 3.63) is 11.6 Å². The predicted octanol–water partition coefficient (Wildman–Crippen LogP) is 2.03. The van der Waals surface area contributed by atoms with Crippen LogP contribution in [0.3, 0.4) is 0 Å². The second kappa shape index (κ2) is 4.13. The van der Waals surface area contributed by atoms with Crippen molar-refractivity contribution >= 4 is 11.6 Å². The largest absolute Gasteiger partial charge is 0.385 e. The van der Waals surface area contributed by atoms with Gasteiger partial charge in [0.15, 0.2) is 5.78 Å². The van der Waals surface area contributed by atoms with Crippen LogP contribution in [0, 0.1) is 5.41 Å². The molecule has 0 heterocycles. The van der Waals surface area contributed by atoms with E-state index in [4.69, 9.17) is 0 Å². The molecule has 0 saturated heterocycles. The molecule has 0 aromatic rings. The maximum atomic E-state index is 11.5. The van der Waals surface area contributed by atoms with Crippen molar-refractivity contribution in [2.75, 3.05) is 0 Å². The summed E-state index contributed by atoms with van der Waals surface area (Å²) in [7, 11) is 0. The minimum absolute atomic E-state index is 0.0509. The molecule has 0 fully saturated rings. The van der Waals surface area contributed by atoms with Gasteiger partial charge in [0.05, 0.1) is 5.60 Å². The third-order valence-electron chi connectivity index (χ3n) is 3.60. The molecule has 0 radical (unpaired) electrons. The van der Waals surface area contributed by atoms with Gasteiger partial charge in [0, 0.05) is 18.3 Å². The highest BCUT2D eigenvalue weighted by molar-refractivity contribution is 5.92. The first-order chi connectivity index (χ1) is 7.19. The summed E-state index contributed by atoms with van der Waals surface area (Å²) in [5.74, 6) is 0.115. The predicted molar refractivity (Wildman–Crippen MR) is 62.0 cm³/mol. The first-order valence-corrected chi connectivity index (χ1v) is 5.62. The van der Waals surface area contributed by atoms with Crippen LogP contribution in [0.25, 0.3) is 0 Å². The van der Waals surface area contributed by atoms with Crippen LogP contribution < -0.4 is 0 Å². The van der Waals surface area contributed by atoms with E-state index in [1.165, 1.54) is 13.0 Å². The fourth-order valence-corrected chi connectivity index (χ4v) is 2.42. The third-order valence-corrected chi connectivity index (χ3v) is 3.60. The topological polar surface area (TPSA) is 54.4 Å². The van der Waals surface area contributed by atoms with Crippen molar-refractivity contribution in [1.29, 1.82) is 0 Å². The molecule has 1 rings (SSSR count). The molecular weight excluding hydrogens is 204 g/mol. The second-order valence-electron chi connectivity index (χ2n) is 5.42. The van der Waals surface area contributed by atoms with E-state index in [0.29, 0.717) is 24.8 Å². The fraction of sp³-hybridized carbons (Fsp3) is 0.692. The van der Waals surface area contributed by atoms with Crippen molar-refractivity contribution in [2.24, 2.45) is 5.41 Å². The van der Waals surface area contributed by atoms with E-state index in [2.05, 4.69) is 0 Å². The zero-order valence-electron chi connectivity index (χ0n) is 10.5. The van der Waals surface area contributed by atoms with E-state index in [-0.39, 0.29) is 11.6 Å². The van der Waals surface area contributed by atoms with Gasteiger partial charge in [-0.3, -0.25) is 4.79 Å². The molecule has 16 heavy (non-hydrogen) atoms. The molecule has 0 aromatic carbocycles. The Hall–Kier alpha value is -0.960. The van der Waals surface area contributed by atoms with Crippen LogP contribution in [-0.2, 0) is 9.59 Å². The molecule has 1 N–H and O–H groups in total. The van der Waals surface area contributed by atoms with Crippen molar-refractivity contribution in [3.63, 3.8) is 0 Å². The van der Waals surface area contributed by atoms with Crippen molar-refractivity contribution < 1.29 is 14.7 Å². The molecule has 3 nitrogen and oxygen atoms in total. The van der Waals surface area contributed by atoms with Crippen LogP contribution in [0.5, 0.6) is 0 Å². The average molecular weight is 224 g/mol. The number of ketones is 2. The van der Waals surface area contributed by atoms with Gasteiger partial charge in [-0.1, -0.05) is 13.8 Å².